The standard InChI is InChI=1S/C44H50N12.Mn/c1-9-53-25-21-49(5)41(53)37-29-13-15-31(45-29)38(42-50(6)22-26-54(42)10-2)33-17-19-35(47-33)40(44-52(8)24-28-56(44)12-4)36-20-18-34(48-36)39(32-16-14-30(37)46-32)43-51(7)23-27-55(43)11-3;/h13-28,41-42H,9-12H2,1-8H3;/q;+3. The number of aromatic nitrogens is 8. The van der Waals surface area contributed by atoms with E-state index in [9.17, 15) is 0 Å². The molecule has 5 aromatic rings. The van der Waals surface area contributed by atoms with Crippen molar-refractivity contribution in [2.45, 2.75) is 53.1 Å². The summed E-state index contributed by atoms with van der Waals surface area (Å²) in [5.41, 5.74) is 11.1. The van der Waals surface area contributed by atoms with E-state index >= 15 is 0 Å². The summed E-state index contributed by atoms with van der Waals surface area (Å²) in [4.78, 5) is 31.3. The van der Waals surface area contributed by atoms with Crippen molar-refractivity contribution in [1.82, 2.24) is 48.7 Å². The number of fused-ring (bicyclic) bond motifs is 8. The largest absolute Gasteiger partial charge is 3.00 e. The van der Waals surface area contributed by atoms with Crippen molar-refractivity contribution in [3.05, 3.63) is 108 Å². The molecule has 8 bridgehead atoms. The molecule has 5 aromatic heterocycles. The van der Waals surface area contributed by atoms with Crippen molar-refractivity contribution in [3.63, 3.8) is 0 Å². The molecular formula is C44H50MnN12+3. The minimum atomic E-state index is -0.0881. The van der Waals surface area contributed by atoms with Gasteiger partial charge in [-0.15, -0.1) is 22.1 Å². The average Bonchev–Trinajstić information content (AvgIpc) is 4.06. The van der Waals surface area contributed by atoms with Crippen LogP contribution in [0.4, 0.5) is 0 Å². The second-order valence-corrected chi connectivity index (χ2v) is 14.8. The molecule has 0 aromatic carbocycles. The Hall–Kier alpha value is -5.78. The van der Waals surface area contributed by atoms with Crippen LogP contribution in [0, 0.1) is 0 Å². The Morgan fingerprint density at radius 3 is 1.33 bits per heavy atom. The van der Waals surface area contributed by atoms with Crippen LogP contribution in [0.1, 0.15) is 73.9 Å². The zero-order chi connectivity index (χ0) is 38.8. The van der Waals surface area contributed by atoms with Gasteiger partial charge in [0, 0.05) is 63.1 Å². The molecule has 0 aliphatic carbocycles. The van der Waals surface area contributed by atoms with Crippen LogP contribution in [0.15, 0.2) is 73.9 Å². The first-order valence-corrected chi connectivity index (χ1v) is 19.7. The SMILES string of the molecule is CCN1C=CN(C)C1c1c2nc(c(-c3n(CC)cc[n+]3C)c3ccc([n-]3)c(-c3n(CC)cc[n+]3C)c3nc(c(C4N(C)C=CN4CC)c4ccc1[n-]4)C=C3)C=C2.[Mn+3]. The zero-order valence-electron chi connectivity index (χ0n) is 34.0. The van der Waals surface area contributed by atoms with E-state index in [1.807, 2.05) is 0 Å². The molecule has 9 heterocycles. The summed E-state index contributed by atoms with van der Waals surface area (Å²) in [6, 6.07) is 8.63. The molecule has 4 aliphatic heterocycles. The molecule has 57 heavy (non-hydrogen) atoms. The van der Waals surface area contributed by atoms with Gasteiger partial charge in [0.1, 0.15) is 37.1 Å². The first-order chi connectivity index (χ1) is 27.2. The van der Waals surface area contributed by atoms with Crippen molar-refractivity contribution in [1.29, 1.82) is 0 Å². The van der Waals surface area contributed by atoms with E-state index in [1.165, 1.54) is 0 Å². The van der Waals surface area contributed by atoms with Crippen LogP contribution < -0.4 is 19.1 Å². The quantitative estimate of drug-likeness (QED) is 0.137. The summed E-state index contributed by atoms with van der Waals surface area (Å²) in [5, 5.41) is 0. The molecule has 0 saturated carbocycles. The van der Waals surface area contributed by atoms with Crippen molar-refractivity contribution in [2.75, 3.05) is 27.2 Å². The van der Waals surface area contributed by atoms with Crippen LogP contribution in [-0.2, 0) is 44.3 Å². The number of aryl methyl sites for hydroxylation is 4. The molecule has 0 spiro atoms. The third-order valence-corrected chi connectivity index (χ3v) is 11.6. The predicted octanol–water partition coefficient (Wildman–Crippen LogP) is 6.01. The van der Waals surface area contributed by atoms with Gasteiger partial charge < -0.3 is 29.6 Å². The van der Waals surface area contributed by atoms with E-state index in [0.717, 1.165) is 105 Å². The predicted molar refractivity (Wildman–Crippen MR) is 221 cm³/mol. The molecule has 9 rings (SSSR count). The summed E-state index contributed by atoms with van der Waals surface area (Å²) in [6.45, 7) is 12.0. The molecule has 290 valence electrons. The van der Waals surface area contributed by atoms with Gasteiger partial charge in [-0.1, -0.05) is 24.3 Å². The van der Waals surface area contributed by atoms with Gasteiger partial charge in [-0.2, -0.15) is 0 Å². The molecule has 0 radical (unpaired) electrons. The minimum Gasteiger partial charge on any atom is -0.657 e. The molecule has 4 aliphatic rings. The minimum absolute atomic E-state index is 0. The van der Waals surface area contributed by atoms with Gasteiger partial charge in [-0.25, -0.2) is 28.2 Å². The Morgan fingerprint density at radius 1 is 0.544 bits per heavy atom. The third kappa shape index (κ3) is 6.11. The molecule has 0 saturated heterocycles. The van der Waals surface area contributed by atoms with Gasteiger partial charge >= 0.3 is 17.1 Å². The molecule has 2 unspecified atom stereocenters. The van der Waals surface area contributed by atoms with Crippen LogP contribution >= 0.6 is 0 Å². The molecule has 12 nitrogen and oxygen atoms in total. The first kappa shape index (κ1) is 38.1. The smallest absolute Gasteiger partial charge is 0.657 e. The van der Waals surface area contributed by atoms with Gasteiger partial charge in [0.05, 0.1) is 61.1 Å². The number of hydrogen-bond acceptors (Lipinski definition) is 6. The van der Waals surface area contributed by atoms with Crippen LogP contribution in [0.2, 0.25) is 0 Å². The molecular weight excluding hydrogens is 752 g/mol. The summed E-state index contributed by atoms with van der Waals surface area (Å²) < 4.78 is 8.88. The first-order valence-electron chi connectivity index (χ1n) is 19.7. The van der Waals surface area contributed by atoms with Crippen LogP contribution in [0.25, 0.3) is 69.1 Å². The van der Waals surface area contributed by atoms with Gasteiger partial charge in [-0.05, 0) is 52.0 Å². The van der Waals surface area contributed by atoms with Crippen LogP contribution in [0.5, 0.6) is 0 Å². The summed E-state index contributed by atoms with van der Waals surface area (Å²) in [5.74, 6) is 2.08. The van der Waals surface area contributed by atoms with Crippen LogP contribution in [0.3, 0.4) is 0 Å². The third-order valence-electron chi connectivity index (χ3n) is 11.6. The topological polar surface area (TPSA) is 84.6 Å². The summed E-state index contributed by atoms with van der Waals surface area (Å²) >= 11 is 0. The van der Waals surface area contributed by atoms with Crippen molar-refractivity contribution < 1.29 is 26.2 Å². The molecule has 0 N–H and O–H groups in total. The van der Waals surface area contributed by atoms with E-state index in [1.54, 1.807) is 0 Å². The van der Waals surface area contributed by atoms with Crippen molar-refractivity contribution in [3.8, 4) is 22.8 Å². The Labute approximate surface area is 344 Å². The molecule has 0 amide bonds. The van der Waals surface area contributed by atoms with Crippen molar-refractivity contribution in [2.24, 2.45) is 14.1 Å². The van der Waals surface area contributed by atoms with Gasteiger partial charge in [0.2, 0.25) is 0 Å². The van der Waals surface area contributed by atoms with Gasteiger partial charge in [0.15, 0.2) is 0 Å². The fourth-order valence-electron chi connectivity index (χ4n) is 8.79. The second-order valence-electron chi connectivity index (χ2n) is 14.8. The molecule has 13 heteroatoms. The van der Waals surface area contributed by atoms with E-state index in [-0.39, 0.29) is 29.4 Å². The van der Waals surface area contributed by atoms with E-state index in [2.05, 4.69) is 192 Å². The maximum absolute atomic E-state index is 5.54. The molecule has 0 fully saturated rings. The summed E-state index contributed by atoms with van der Waals surface area (Å²) in [6.07, 6.45) is 25.5. The Kier molecular flexibility index (Phi) is 9.99. The maximum atomic E-state index is 5.54. The average molecular weight is 802 g/mol. The van der Waals surface area contributed by atoms with Crippen molar-refractivity contribution >= 4 is 46.4 Å². The summed E-state index contributed by atoms with van der Waals surface area (Å²) in [7, 11) is 8.45. The second kappa shape index (κ2) is 14.9. The fraction of sp³-hybridized carbons (Fsp3) is 0.318. The Morgan fingerprint density at radius 2 is 0.930 bits per heavy atom. The van der Waals surface area contributed by atoms with E-state index in [0.29, 0.717) is 0 Å². The number of rotatable bonds is 8. The fourth-order valence-corrected chi connectivity index (χ4v) is 8.79. The Bertz CT molecular complexity index is 2470. The zero-order valence-corrected chi connectivity index (χ0v) is 35.1. The normalized spacial score (nSPS) is 17.2. The van der Waals surface area contributed by atoms with Gasteiger partial charge in [0.25, 0.3) is 11.6 Å². The number of imidazole rings is 2. The van der Waals surface area contributed by atoms with E-state index < -0.39 is 0 Å². The number of hydrogen-bond donors (Lipinski definition) is 0. The number of nitrogens with zero attached hydrogens (tertiary/aromatic N) is 12. The monoisotopic (exact) mass is 801 g/mol. The van der Waals surface area contributed by atoms with Crippen LogP contribution in [-0.4, -0.2) is 65.9 Å². The maximum Gasteiger partial charge on any atom is 3.00 e. The molecule has 2 atom stereocenters. The van der Waals surface area contributed by atoms with Gasteiger partial charge in [-0.3, -0.25) is 0 Å². The Balaban J connectivity index is 0.00000455. The van der Waals surface area contributed by atoms with E-state index in [4.69, 9.17) is 19.9 Å².